The van der Waals surface area contributed by atoms with Gasteiger partial charge in [-0.25, -0.2) is 18.6 Å². The van der Waals surface area contributed by atoms with Crippen molar-refractivity contribution in [2.45, 2.75) is 0 Å². The number of benzene rings is 1. The second kappa shape index (κ2) is 7.90. The third-order valence-electron chi connectivity index (χ3n) is 4.09. The summed E-state index contributed by atoms with van der Waals surface area (Å²) in [6.45, 7) is 1.78. The predicted octanol–water partition coefficient (Wildman–Crippen LogP) is 1.87. The van der Waals surface area contributed by atoms with E-state index in [1.807, 2.05) is 18.2 Å². The Hall–Kier alpha value is -3.03. The average molecular weight is 361 g/mol. The molecule has 1 aliphatic rings. The Balaban J connectivity index is 1.48. The van der Waals surface area contributed by atoms with Crippen molar-refractivity contribution in [2.75, 3.05) is 37.7 Å². The molecular formula is C18H17F2N3O3. The molecule has 0 N–H and O–H groups in total. The molecule has 0 spiro atoms. The van der Waals surface area contributed by atoms with Gasteiger partial charge in [-0.05, 0) is 30.3 Å². The minimum absolute atomic E-state index is 0.142. The maximum atomic E-state index is 13.1. The molecule has 0 bridgehead atoms. The Bertz CT molecular complexity index is 794. The smallest absolute Gasteiger partial charge is 0.338 e. The van der Waals surface area contributed by atoms with Gasteiger partial charge in [0.1, 0.15) is 5.82 Å². The molecule has 0 saturated carbocycles. The lowest BCUT2D eigenvalue weighted by Gasteiger charge is -2.35. The third kappa shape index (κ3) is 4.14. The minimum Gasteiger partial charge on any atom is -0.452 e. The lowest BCUT2D eigenvalue weighted by Crippen LogP contribution is -2.50. The van der Waals surface area contributed by atoms with E-state index in [9.17, 15) is 18.4 Å². The number of nitrogens with zero attached hydrogens (tertiary/aromatic N) is 3. The number of aromatic nitrogens is 1. The van der Waals surface area contributed by atoms with E-state index in [0.29, 0.717) is 26.2 Å². The molecule has 6 nitrogen and oxygen atoms in total. The maximum Gasteiger partial charge on any atom is 0.338 e. The fourth-order valence-electron chi connectivity index (χ4n) is 2.65. The molecule has 1 amide bonds. The number of halogens is 2. The zero-order valence-corrected chi connectivity index (χ0v) is 13.9. The molecule has 0 atom stereocenters. The fraction of sp³-hybridized carbons (Fsp3) is 0.278. The molecule has 26 heavy (non-hydrogen) atoms. The summed E-state index contributed by atoms with van der Waals surface area (Å²) < 4.78 is 30.9. The van der Waals surface area contributed by atoms with Crippen LogP contribution in [-0.2, 0) is 9.53 Å². The summed E-state index contributed by atoms with van der Waals surface area (Å²) in [5, 5.41) is 0. The Morgan fingerprint density at radius 1 is 1.04 bits per heavy atom. The molecule has 1 aromatic heterocycles. The van der Waals surface area contributed by atoms with Gasteiger partial charge in [0.15, 0.2) is 18.2 Å². The molecule has 0 aliphatic carbocycles. The summed E-state index contributed by atoms with van der Waals surface area (Å²) in [6, 6.07) is 8.33. The third-order valence-corrected chi connectivity index (χ3v) is 4.09. The van der Waals surface area contributed by atoms with E-state index in [0.717, 1.165) is 24.0 Å². The van der Waals surface area contributed by atoms with Gasteiger partial charge in [0.25, 0.3) is 5.91 Å². The van der Waals surface area contributed by atoms with Crippen molar-refractivity contribution in [1.82, 2.24) is 9.88 Å². The van der Waals surface area contributed by atoms with Gasteiger partial charge in [-0.3, -0.25) is 4.79 Å². The van der Waals surface area contributed by atoms with E-state index in [2.05, 4.69) is 9.88 Å². The number of piperazine rings is 1. The number of hydrogen-bond donors (Lipinski definition) is 0. The first-order valence-corrected chi connectivity index (χ1v) is 8.10. The summed E-state index contributed by atoms with van der Waals surface area (Å²) >= 11 is 0. The van der Waals surface area contributed by atoms with Crippen LogP contribution in [0.5, 0.6) is 0 Å². The molecular weight excluding hydrogens is 344 g/mol. The van der Waals surface area contributed by atoms with Gasteiger partial charge in [0, 0.05) is 32.4 Å². The average Bonchev–Trinajstić information content (AvgIpc) is 2.68. The van der Waals surface area contributed by atoms with Crippen LogP contribution >= 0.6 is 0 Å². The first kappa shape index (κ1) is 17.8. The van der Waals surface area contributed by atoms with Gasteiger partial charge in [-0.1, -0.05) is 6.07 Å². The number of carbonyl (C=O) groups is 2. The summed E-state index contributed by atoms with van der Waals surface area (Å²) in [5.74, 6) is -2.55. The van der Waals surface area contributed by atoms with Gasteiger partial charge >= 0.3 is 5.97 Å². The van der Waals surface area contributed by atoms with Crippen LogP contribution in [0.2, 0.25) is 0 Å². The van der Waals surface area contributed by atoms with Gasteiger partial charge in [-0.2, -0.15) is 0 Å². The molecule has 0 unspecified atom stereocenters. The molecule has 1 saturated heterocycles. The van der Waals surface area contributed by atoms with E-state index >= 15 is 0 Å². The summed E-state index contributed by atoms with van der Waals surface area (Å²) in [6.07, 6.45) is 1.71. The molecule has 3 rings (SSSR count). The lowest BCUT2D eigenvalue weighted by atomic mass is 10.2. The number of esters is 1. The highest BCUT2D eigenvalue weighted by molar-refractivity contribution is 5.91. The lowest BCUT2D eigenvalue weighted by molar-refractivity contribution is -0.134. The highest BCUT2D eigenvalue weighted by Gasteiger charge is 2.23. The molecule has 0 radical (unpaired) electrons. The number of anilines is 1. The number of amides is 1. The van der Waals surface area contributed by atoms with Gasteiger partial charge < -0.3 is 14.5 Å². The number of pyridine rings is 1. The zero-order chi connectivity index (χ0) is 18.5. The molecule has 2 heterocycles. The quantitative estimate of drug-likeness (QED) is 0.778. The van der Waals surface area contributed by atoms with Crippen LogP contribution in [0, 0.1) is 11.6 Å². The van der Waals surface area contributed by atoms with Crippen molar-refractivity contribution in [3.05, 3.63) is 59.8 Å². The number of carbonyl (C=O) groups excluding carboxylic acids is 2. The van der Waals surface area contributed by atoms with Crippen LogP contribution in [-0.4, -0.2) is 54.5 Å². The predicted molar refractivity (Wildman–Crippen MR) is 89.7 cm³/mol. The van der Waals surface area contributed by atoms with Crippen molar-refractivity contribution >= 4 is 17.7 Å². The Kier molecular flexibility index (Phi) is 5.40. The number of rotatable bonds is 4. The Morgan fingerprint density at radius 2 is 1.81 bits per heavy atom. The summed E-state index contributed by atoms with van der Waals surface area (Å²) in [5.41, 5.74) is -0.142. The van der Waals surface area contributed by atoms with Crippen molar-refractivity contribution in [2.24, 2.45) is 0 Å². The molecule has 1 aromatic carbocycles. The number of hydrogen-bond acceptors (Lipinski definition) is 5. The van der Waals surface area contributed by atoms with Crippen LogP contribution in [0.25, 0.3) is 0 Å². The Labute approximate surface area is 149 Å². The van der Waals surface area contributed by atoms with E-state index in [-0.39, 0.29) is 11.5 Å². The monoisotopic (exact) mass is 361 g/mol. The first-order chi connectivity index (χ1) is 12.5. The SMILES string of the molecule is O=C(OCC(=O)N1CCN(c2ccccn2)CC1)c1ccc(F)c(F)c1. The normalized spacial score (nSPS) is 14.2. The Morgan fingerprint density at radius 3 is 2.46 bits per heavy atom. The zero-order valence-electron chi connectivity index (χ0n) is 13.9. The van der Waals surface area contributed by atoms with Crippen LogP contribution < -0.4 is 4.90 Å². The molecule has 136 valence electrons. The van der Waals surface area contributed by atoms with Crippen LogP contribution in [0.4, 0.5) is 14.6 Å². The highest BCUT2D eigenvalue weighted by Crippen LogP contribution is 2.13. The molecule has 1 aliphatic heterocycles. The minimum atomic E-state index is -1.14. The van der Waals surface area contributed by atoms with Crippen molar-refractivity contribution in [3.8, 4) is 0 Å². The molecule has 1 fully saturated rings. The van der Waals surface area contributed by atoms with Crippen molar-refractivity contribution < 1.29 is 23.1 Å². The molecule has 8 heteroatoms. The maximum absolute atomic E-state index is 13.1. The topological polar surface area (TPSA) is 62.7 Å². The van der Waals surface area contributed by atoms with E-state index in [1.54, 1.807) is 11.1 Å². The van der Waals surface area contributed by atoms with E-state index in [1.165, 1.54) is 0 Å². The molecule has 2 aromatic rings. The van der Waals surface area contributed by atoms with E-state index in [4.69, 9.17) is 4.74 Å². The second-order valence-electron chi connectivity index (χ2n) is 5.76. The summed E-state index contributed by atoms with van der Waals surface area (Å²) in [7, 11) is 0. The standard InChI is InChI=1S/C18H17F2N3O3/c19-14-5-4-13(11-15(14)20)18(25)26-12-17(24)23-9-7-22(8-10-23)16-3-1-2-6-21-16/h1-6,11H,7-10,12H2. The van der Waals surface area contributed by atoms with Crippen LogP contribution in [0.15, 0.2) is 42.6 Å². The van der Waals surface area contributed by atoms with E-state index < -0.39 is 24.2 Å². The highest BCUT2D eigenvalue weighted by atomic mass is 19.2. The summed E-state index contributed by atoms with van der Waals surface area (Å²) in [4.78, 5) is 31.9. The largest absolute Gasteiger partial charge is 0.452 e. The van der Waals surface area contributed by atoms with Crippen LogP contribution in [0.1, 0.15) is 10.4 Å². The van der Waals surface area contributed by atoms with Crippen molar-refractivity contribution in [3.63, 3.8) is 0 Å². The second-order valence-corrected chi connectivity index (χ2v) is 5.76. The fourth-order valence-corrected chi connectivity index (χ4v) is 2.65. The first-order valence-electron chi connectivity index (χ1n) is 8.10. The number of ether oxygens (including phenoxy) is 1. The van der Waals surface area contributed by atoms with Gasteiger partial charge in [0.05, 0.1) is 5.56 Å². The van der Waals surface area contributed by atoms with Crippen molar-refractivity contribution in [1.29, 1.82) is 0 Å². The van der Waals surface area contributed by atoms with Gasteiger partial charge in [0.2, 0.25) is 0 Å². The van der Waals surface area contributed by atoms with Gasteiger partial charge in [-0.15, -0.1) is 0 Å². The van der Waals surface area contributed by atoms with Crippen LogP contribution in [0.3, 0.4) is 0 Å².